The van der Waals surface area contributed by atoms with Crippen LogP contribution >= 0.6 is 0 Å². The van der Waals surface area contributed by atoms with E-state index in [1.165, 1.54) is 0 Å². The molecular formula is C17H32F3NO3S. The van der Waals surface area contributed by atoms with Crippen molar-refractivity contribution in [2.75, 3.05) is 6.61 Å². The van der Waals surface area contributed by atoms with Crippen LogP contribution in [0, 0.1) is 5.92 Å². The van der Waals surface area contributed by atoms with Gasteiger partial charge in [-0.1, -0.05) is 39.5 Å². The first-order chi connectivity index (χ1) is 11.4. The normalized spacial score (nSPS) is 16.3. The van der Waals surface area contributed by atoms with Crippen molar-refractivity contribution in [2.24, 2.45) is 5.92 Å². The summed E-state index contributed by atoms with van der Waals surface area (Å²) >= 11 is 0. The van der Waals surface area contributed by atoms with Crippen molar-refractivity contribution in [1.29, 1.82) is 0 Å². The molecule has 0 rings (SSSR count). The van der Waals surface area contributed by atoms with Crippen LogP contribution < -0.4 is 4.72 Å². The summed E-state index contributed by atoms with van der Waals surface area (Å²) in [6, 6.07) is -2.18. The summed E-state index contributed by atoms with van der Waals surface area (Å²) in [4.78, 5) is 12.2. The number of halogens is 3. The maximum atomic E-state index is 13.6. The van der Waals surface area contributed by atoms with E-state index in [0.717, 1.165) is 19.3 Å². The molecule has 4 nitrogen and oxygen atoms in total. The van der Waals surface area contributed by atoms with Crippen molar-refractivity contribution in [3.8, 4) is 0 Å². The van der Waals surface area contributed by atoms with E-state index < -0.39 is 39.8 Å². The zero-order chi connectivity index (χ0) is 19.7. The van der Waals surface area contributed by atoms with E-state index in [1.54, 1.807) is 27.7 Å². The van der Waals surface area contributed by atoms with Crippen LogP contribution in [-0.2, 0) is 20.5 Å². The Labute approximate surface area is 151 Å². The summed E-state index contributed by atoms with van der Waals surface area (Å²) in [5, 5.41) is 0. The fourth-order valence-corrected chi connectivity index (χ4v) is 3.07. The second-order valence-electron chi connectivity index (χ2n) is 7.14. The quantitative estimate of drug-likeness (QED) is 0.419. The molecule has 0 spiro atoms. The van der Waals surface area contributed by atoms with Crippen LogP contribution in [0.25, 0.3) is 0 Å². The van der Waals surface area contributed by atoms with Crippen molar-refractivity contribution < 1.29 is 26.9 Å². The average Bonchev–Trinajstić information content (AvgIpc) is 2.48. The summed E-state index contributed by atoms with van der Waals surface area (Å²) < 4.78 is 59.1. The lowest BCUT2D eigenvalue weighted by Crippen LogP contribution is -2.53. The number of carbonyl (C=O) groups is 1. The molecule has 0 aliphatic carbocycles. The Bertz CT molecular complexity index is 422. The molecule has 25 heavy (non-hydrogen) atoms. The third-order valence-corrected chi connectivity index (χ3v) is 5.25. The number of carbonyl (C=O) groups excluding carboxylic acids is 1. The number of unbranched alkanes of at least 4 members (excludes halogenated alkanes) is 3. The van der Waals surface area contributed by atoms with Gasteiger partial charge in [-0.3, -0.25) is 4.79 Å². The van der Waals surface area contributed by atoms with Gasteiger partial charge in [0.05, 0.1) is 28.3 Å². The minimum absolute atomic E-state index is 0.0566. The standard InChI is InChI=1S/C17H32F3NO3S/c1-6-8-9-10-11-13(15(22)24-12-7-2)14(17(18,19)20)21-25(23)16(3,4)5/h13-14,21H,6-12H2,1-5H3/t13-,14-,25-/m0/s1. The van der Waals surface area contributed by atoms with E-state index in [9.17, 15) is 22.2 Å². The van der Waals surface area contributed by atoms with Gasteiger partial charge in [0.15, 0.2) is 0 Å². The lowest BCUT2D eigenvalue weighted by Gasteiger charge is -2.30. The van der Waals surface area contributed by atoms with Crippen molar-refractivity contribution in [2.45, 2.75) is 90.1 Å². The highest BCUT2D eigenvalue weighted by Gasteiger charge is 2.49. The SMILES string of the molecule is CCCCCC[C@H](C(=O)OCCC)[C@H](N[S@@](=O)C(C)(C)C)C(F)(F)F. The first kappa shape index (κ1) is 24.4. The molecule has 0 aromatic rings. The molecule has 0 radical (unpaired) electrons. The maximum absolute atomic E-state index is 13.6. The van der Waals surface area contributed by atoms with Gasteiger partial charge in [-0.05, 0) is 33.6 Å². The first-order valence-electron chi connectivity index (χ1n) is 8.86. The van der Waals surface area contributed by atoms with Gasteiger partial charge in [-0.25, -0.2) is 8.93 Å². The summed E-state index contributed by atoms with van der Waals surface area (Å²) in [6.45, 7) is 8.59. The Morgan fingerprint density at radius 1 is 1.08 bits per heavy atom. The molecule has 0 amide bonds. The second-order valence-corrected chi connectivity index (χ2v) is 9.14. The van der Waals surface area contributed by atoms with Crippen molar-refractivity contribution in [1.82, 2.24) is 4.72 Å². The molecule has 0 aromatic heterocycles. The monoisotopic (exact) mass is 387 g/mol. The van der Waals surface area contributed by atoms with Crippen LogP contribution in [-0.4, -0.2) is 33.8 Å². The molecule has 8 heteroatoms. The predicted octanol–water partition coefficient (Wildman–Crippen LogP) is 4.51. The molecule has 0 saturated heterocycles. The van der Waals surface area contributed by atoms with Crippen LogP contribution in [0.15, 0.2) is 0 Å². The first-order valence-corrected chi connectivity index (χ1v) is 10.0. The molecular weight excluding hydrogens is 355 g/mol. The van der Waals surface area contributed by atoms with Crippen molar-refractivity contribution >= 4 is 17.0 Å². The molecule has 0 bridgehead atoms. The van der Waals surface area contributed by atoms with Crippen LogP contribution in [0.5, 0.6) is 0 Å². The Morgan fingerprint density at radius 2 is 1.68 bits per heavy atom. The third kappa shape index (κ3) is 9.58. The van der Waals surface area contributed by atoms with E-state index in [0.29, 0.717) is 12.8 Å². The van der Waals surface area contributed by atoms with Crippen LogP contribution in [0.3, 0.4) is 0 Å². The number of hydrogen-bond acceptors (Lipinski definition) is 3. The highest BCUT2D eigenvalue weighted by Crippen LogP contribution is 2.31. The van der Waals surface area contributed by atoms with Gasteiger partial charge in [0.25, 0.3) is 0 Å². The van der Waals surface area contributed by atoms with Gasteiger partial charge in [0.1, 0.15) is 6.04 Å². The number of esters is 1. The van der Waals surface area contributed by atoms with Gasteiger partial charge in [-0.15, -0.1) is 0 Å². The average molecular weight is 388 g/mol. The summed E-state index contributed by atoms with van der Waals surface area (Å²) in [5.74, 6) is -2.27. The predicted molar refractivity (Wildman–Crippen MR) is 94.4 cm³/mol. The Kier molecular flexibility index (Phi) is 10.9. The Morgan fingerprint density at radius 3 is 2.12 bits per heavy atom. The Balaban J connectivity index is 5.35. The number of hydrogen-bond donors (Lipinski definition) is 1. The molecule has 0 unspecified atom stereocenters. The zero-order valence-corrected chi connectivity index (χ0v) is 16.7. The smallest absolute Gasteiger partial charge is 0.405 e. The number of ether oxygens (including phenoxy) is 1. The van der Waals surface area contributed by atoms with E-state index in [1.807, 2.05) is 6.92 Å². The summed E-state index contributed by atoms with van der Waals surface area (Å²) in [5.41, 5.74) is 0. The molecule has 0 saturated carbocycles. The van der Waals surface area contributed by atoms with E-state index in [2.05, 4.69) is 4.72 Å². The number of alkyl halides is 3. The molecule has 0 heterocycles. The van der Waals surface area contributed by atoms with Crippen LogP contribution in [0.2, 0.25) is 0 Å². The van der Waals surface area contributed by atoms with E-state index >= 15 is 0 Å². The van der Waals surface area contributed by atoms with Crippen LogP contribution in [0.1, 0.15) is 73.1 Å². The van der Waals surface area contributed by atoms with Crippen molar-refractivity contribution in [3.63, 3.8) is 0 Å². The molecule has 3 atom stereocenters. The molecule has 150 valence electrons. The van der Waals surface area contributed by atoms with Gasteiger partial charge < -0.3 is 4.74 Å². The highest BCUT2D eigenvalue weighted by molar-refractivity contribution is 7.84. The lowest BCUT2D eigenvalue weighted by atomic mass is 9.93. The Hall–Kier alpha value is -0.630. The van der Waals surface area contributed by atoms with Gasteiger partial charge in [-0.2, -0.15) is 13.2 Å². The molecule has 0 fully saturated rings. The van der Waals surface area contributed by atoms with Gasteiger partial charge >= 0.3 is 12.1 Å². The summed E-state index contributed by atoms with van der Waals surface area (Å²) in [7, 11) is -1.94. The minimum Gasteiger partial charge on any atom is -0.465 e. The minimum atomic E-state index is -4.69. The summed E-state index contributed by atoms with van der Waals surface area (Å²) in [6.07, 6.45) is -1.01. The molecule has 1 N–H and O–H groups in total. The molecule has 0 aliphatic rings. The molecule has 0 aromatic carbocycles. The van der Waals surface area contributed by atoms with E-state index in [-0.39, 0.29) is 13.0 Å². The molecule has 0 aliphatic heterocycles. The third-order valence-electron chi connectivity index (χ3n) is 3.67. The van der Waals surface area contributed by atoms with Crippen LogP contribution in [0.4, 0.5) is 13.2 Å². The number of rotatable bonds is 11. The van der Waals surface area contributed by atoms with Gasteiger partial charge in [0.2, 0.25) is 0 Å². The van der Waals surface area contributed by atoms with E-state index in [4.69, 9.17) is 4.74 Å². The van der Waals surface area contributed by atoms with Gasteiger partial charge in [0, 0.05) is 0 Å². The fourth-order valence-electron chi connectivity index (χ4n) is 2.19. The zero-order valence-electron chi connectivity index (χ0n) is 15.9. The largest absolute Gasteiger partial charge is 0.465 e. The second kappa shape index (κ2) is 11.2. The van der Waals surface area contributed by atoms with Crippen molar-refractivity contribution in [3.05, 3.63) is 0 Å². The fraction of sp³-hybridized carbons (Fsp3) is 0.941. The number of nitrogens with one attached hydrogen (secondary N) is 1. The highest BCUT2D eigenvalue weighted by atomic mass is 32.2. The lowest BCUT2D eigenvalue weighted by molar-refractivity contribution is -0.179. The maximum Gasteiger partial charge on any atom is 0.405 e. The topological polar surface area (TPSA) is 55.4 Å².